The van der Waals surface area contributed by atoms with Crippen molar-refractivity contribution in [2.75, 3.05) is 0 Å². The maximum atomic E-state index is 4.22. The van der Waals surface area contributed by atoms with Crippen LogP contribution >= 0.6 is 0 Å². The van der Waals surface area contributed by atoms with Crippen LogP contribution in [0.25, 0.3) is 33.2 Å². The van der Waals surface area contributed by atoms with Crippen LogP contribution in [-0.4, -0.2) is 4.98 Å². The maximum Gasteiger partial charge on any atom is 0.220 e. The van der Waals surface area contributed by atoms with Gasteiger partial charge in [0, 0.05) is 18.5 Å². The first-order valence-corrected chi connectivity index (χ1v) is 8.13. The largest absolute Gasteiger partial charge is 0.264 e. The minimum Gasteiger partial charge on any atom is -0.264 e. The number of benzene rings is 2. The molecule has 0 atom stereocenters. The predicted molar refractivity (Wildman–Crippen MR) is 98.5 cm³/mol. The van der Waals surface area contributed by atoms with Crippen LogP contribution < -0.4 is 4.57 Å². The quantitative estimate of drug-likeness (QED) is 0.490. The SMILES string of the molecule is Cc1cnccc1-c1c2ccc(-c3ccccc3)cc2cc[n+]1C. The Balaban J connectivity index is 1.96. The van der Waals surface area contributed by atoms with E-state index >= 15 is 0 Å². The highest BCUT2D eigenvalue weighted by atomic mass is 14.9. The normalized spacial score (nSPS) is 10.9. The Bertz CT molecular complexity index is 1020. The van der Waals surface area contributed by atoms with Gasteiger partial charge in [0.1, 0.15) is 7.05 Å². The first-order valence-electron chi connectivity index (χ1n) is 8.13. The summed E-state index contributed by atoms with van der Waals surface area (Å²) < 4.78 is 2.19. The minimum absolute atomic E-state index is 1.19. The van der Waals surface area contributed by atoms with E-state index in [4.69, 9.17) is 0 Å². The van der Waals surface area contributed by atoms with Gasteiger partial charge in [-0.05, 0) is 47.2 Å². The van der Waals surface area contributed by atoms with E-state index in [1.807, 2.05) is 12.4 Å². The lowest BCUT2D eigenvalue weighted by Crippen LogP contribution is -2.30. The summed E-state index contributed by atoms with van der Waals surface area (Å²) in [6, 6.07) is 21.5. The van der Waals surface area contributed by atoms with E-state index in [1.165, 1.54) is 38.7 Å². The van der Waals surface area contributed by atoms with Crippen LogP contribution in [0.1, 0.15) is 5.56 Å². The zero-order chi connectivity index (χ0) is 16.5. The third kappa shape index (κ3) is 2.46. The molecule has 2 heteroatoms. The molecule has 0 aliphatic rings. The van der Waals surface area contributed by atoms with Gasteiger partial charge in [0.05, 0.1) is 10.9 Å². The molecule has 0 aliphatic carbocycles. The van der Waals surface area contributed by atoms with Crippen LogP contribution in [-0.2, 0) is 7.05 Å². The summed E-state index contributed by atoms with van der Waals surface area (Å²) >= 11 is 0. The van der Waals surface area contributed by atoms with Crippen molar-refractivity contribution in [3.8, 4) is 22.4 Å². The third-order valence-electron chi connectivity index (χ3n) is 4.52. The summed E-state index contributed by atoms with van der Waals surface area (Å²) in [7, 11) is 2.10. The van der Waals surface area contributed by atoms with Gasteiger partial charge in [0.2, 0.25) is 5.69 Å². The van der Waals surface area contributed by atoms with Gasteiger partial charge in [-0.3, -0.25) is 4.98 Å². The predicted octanol–water partition coefficient (Wildman–Crippen LogP) is 4.70. The number of aromatic nitrogens is 2. The van der Waals surface area contributed by atoms with Crippen LogP contribution in [0.4, 0.5) is 0 Å². The molecule has 2 aromatic carbocycles. The molecule has 0 unspecified atom stereocenters. The summed E-state index contributed by atoms with van der Waals surface area (Å²) in [6.45, 7) is 2.11. The van der Waals surface area contributed by atoms with Crippen molar-refractivity contribution >= 4 is 10.8 Å². The summed E-state index contributed by atoms with van der Waals surface area (Å²) in [5.41, 5.74) is 6.13. The molecule has 116 valence electrons. The van der Waals surface area contributed by atoms with Crippen LogP contribution in [0, 0.1) is 6.92 Å². The number of rotatable bonds is 2. The molecule has 0 N–H and O–H groups in total. The number of hydrogen-bond acceptors (Lipinski definition) is 1. The van der Waals surface area contributed by atoms with Crippen LogP contribution in [0.5, 0.6) is 0 Å². The van der Waals surface area contributed by atoms with E-state index < -0.39 is 0 Å². The van der Waals surface area contributed by atoms with Gasteiger partial charge in [0.15, 0.2) is 6.20 Å². The fourth-order valence-corrected chi connectivity index (χ4v) is 3.26. The monoisotopic (exact) mass is 311 g/mol. The van der Waals surface area contributed by atoms with Crippen molar-refractivity contribution in [2.45, 2.75) is 6.92 Å². The van der Waals surface area contributed by atoms with E-state index in [0.29, 0.717) is 0 Å². The topological polar surface area (TPSA) is 16.8 Å². The van der Waals surface area contributed by atoms with E-state index in [1.54, 1.807) is 0 Å². The smallest absolute Gasteiger partial charge is 0.220 e. The Hall–Kier alpha value is -3.00. The van der Waals surface area contributed by atoms with Gasteiger partial charge >= 0.3 is 0 Å². The average molecular weight is 311 g/mol. The van der Waals surface area contributed by atoms with E-state index in [0.717, 1.165) is 0 Å². The highest BCUT2D eigenvalue weighted by Crippen LogP contribution is 2.30. The van der Waals surface area contributed by atoms with Gasteiger partial charge in [-0.15, -0.1) is 0 Å². The molecule has 0 radical (unpaired) electrons. The zero-order valence-corrected chi connectivity index (χ0v) is 13.9. The van der Waals surface area contributed by atoms with Crippen molar-refractivity contribution < 1.29 is 4.57 Å². The molecule has 0 amide bonds. The number of hydrogen-bond donors (Lipinski definition) is 0. The molecular formula is C22H19N2+. The Kier molecular flexibility index (Phi) is 3.58. The molecular weight excluding hydrogens is 292 g/mol. The Morgan fingerprint density at radius 1 is 0.875 bits per heavy atom. The fourth-order valence-electron chi connectivity index (χ4n) is 3.26. The lowest BCUT2D eigenvalue weighted by Gasteiger charge is -2.09. The Morgan fingerprint density at radius 3 is 2.50 bits per heavy atom. The Morgan fingerprint density at radius 2 is 1.71 bits per heavy atom. The molecule has 2 heterocycles. The Labute approximate surface area is 142 Å². The van der Waals surface area contributed by atoms with Gasteiger partial charge in [-0.1, -0.05) is 36.4 Å². The zero-order valence-electron chi connectivity index (χ0n) is 13.9. The molecule has 4 rings (SSSR count). The summed E-state index contributed by atoms with van der Waals surface area (Å²) in [6.07, 6.45) is 5.91. The van der Waals surface area contributed by atoms with E-state index in [9.17, 15) is 0 Å². The first kappa shape index (κ1) is 14.6. The molecule has 0 aliphatic heterocycles. The van der Waals surface area contributed by atoms with Crippen LogP contribution in [0.15, 0.2) is 79.3 Å². The number of nitrogens with zero attached hydrogens (tertiary/aromatic N) is 2. The highest BCUT2D eigenvalue weighted by Gasteiger charge is 2.17. The van der Waals surface area contributed by atoms with Crippen molar-refractivity contribution in [2.24, 2.45) is 7.05 Å². The van der Waals surface area contributed by atoms with Crippen molar-refractivity contribution in [1.82, 2.24) is 4.98 Å². The summed E-state index contributed by atoms with van der Waals surface area (Å²) in [4.78, 5) is 4.22. The van der Waals surface area contributed by atoms with Gasteiger partial charge in [-0.2, -0.15) is 0 Å². The third-order valence-corrected chi connectivity index (χ3v) is 4.52. The van der Waals surface area contributed by atoms with E-state index in [2.05, 4.69) is 90.4 Å². The van der Waals surface area contributed by atoms with Gasteiger partial charge < -0.3 is 0 Å². The van der Waals surface area contributed by atoms with Crippen molar-refractivity contribution in [1.29, 1.82) is 0 Å². The molecule has 2 aromatic heterocycles. The molecule has 0 saturated heterocycles. The van der Waals surface area contributed by atoms with Gasteiger partial charge in [-0.25, -0.2) is 4.57 Å². The molecule has 0 fully saturated rings. The average Bonchev–Trinajstić information content (AvgIpc) is 2.63. The second kappa shape index (κ2) is 5.89. The first-order chi connectivity index (χ1) is 11.7. The number of aryl methyl sites for hydroxylation is 2. The summed E-state index contributed by atoms with van der Waals surface area (Å²) in [5.74, 6) is 0. The standard InChI is InChI=1S/C22H19N2/c1-16-15-23-12-10-20(16)22-21-9-8-18(17-6-4-3-5-7-17)14-19(21)11-13-24(22)2/h3-15H,1-2H3/q+1. The molecule has 0 spiro atoms. The maximum absolute atomic E-state index is 4.22. The molecule has 4 aromatic rings. The van der Waals surface area contributed by atoms with Gasteiger partial charge in [0.25, 0.3) is 0 Å². The number of fused-ring (bicyclic) bond motifs is 1. The van der Waals surface area contributed by atoms with E-state index in [-0.39, 0.29) is 0 Å². The van der Waals surface area contributed by atoms with Crippen LogP contribution in [0.2, 0.25) is 0 Å². The lowest BCUT2D eigenvalue weighted by atomic mass is 9.97. The highest BCUT2D eigenvalue weighted by molar-refractivity contribution is 5.95. The fraction of sp³-hybridized carbons (Fsp3) is 0.0909. The minimum atomic E-state index is 1.19. The molecule has 0 saturated carbocycles. The lowest BCUT2D eigenvalue weighted by molar-refractivity contribution is -0.659. The van der Waals surface area contributed by atoms with Crippen molar-refractivity contribution in [3.63, 3.8) is 0 Å². The number of pyridine rings is 2. The van der Waals surface area contributed by atoms with Crippen molar-refractivity contribution in [3.05, 3.63) is 84.8 Å². The molecule has 24 heavy (non-hydrogen) atoms. The molecule has 0 bridgehead atoms. The van der Waals surface area contributed by atoms with Crippen LogP contribution in [0.3, 0.4) is 0 Å². The second-order valence-corrected chi connectivity index (χ2v) is 6.13. The summed E-state index contributed by atoms with van der Waals surface area (Å²) in [5, 5.41) is 2.51. The molecule has 2 nitrogen and oxygen atoms in total. The second-order valence-electron chi connectivity index (χ2n) is 6.13.